The molecule has 2 unspecified atom stereocenters. The minimum absolute atomic E-state index is 0.180. The van der Waals surface area contributed by atoms with Crippen LogP contribution in [0.3, 0.4) is 0 Å². The van der Waals surface area contributed by atoms with Gasteiger partial charge in [0.25, 0.3) is 5.91 Å². The van der Waals surface area contributed by atoms with Crippen LogP contribution in [-0.2, 0) is 11.3 Å². The van der Waals surface area contributed by atoms with Gasteiger partial charge in [0.2, 0.25) is 5.91 Å². The number of amides is 2. The van der Waals surface area contributed by atoms with E-state index < -0.39 is 11.6 Å². The highest BCUT2D eigenvalue weighted by Crippen LogP contribution is 2.25. The highest BCUT2D eigenvalue weighted by molar-refractivity contribution is 5.97. The molecule has 1 fully saturated rings. The van der Waals surface area contributed by atoms with Gasteiger partial charge in [0, 0.05) is 25.2 Å². The molecule has 2 amide bonds. The van der Waals surface area contributed by atoms with Gasteiger partial charge in [0.15, 0.2) is 0 Å². The van der Waals surface area contributed by atoms with Crippen LogP contribution in [0.5, 0.6) is 0 Å². The van der Waals surface area contributed by atoms with Gasteiger partial charge in [-0.2, -0.15) is 5.26 Å². The summed E-state index contributed by atoms with van der Waals surface area (Å²) < 4.78 is 0. The Balaban J connectivity index is 1.69. The quantitative estimate of drug-likeness (QED) is 0.701. The smallest absolute Gasteiger partial charge is 0.251 e. The largest absolute Gasteiger partial charge is 0.340 e. The molecule has 1 aliphatic rings. The minimum atomic E-state index is -0.959. The van der Waals surface area contributed by atoms with E-state index in [-0.39, 0.29) is 17.2 Å². The maximum absolute atomic E-state index is 13.3. The number of rotatable bonds is 7. The number of nitrogens with zero attached hydrogens (tertiary/aromatic N) is 2. The summed E-state index contributed by atoms with van der Waals surface area (Å²) in [5.41, 5.74) is 0.540. The Bertz CT molecular complexity index is 963. The number of likely N-dealkylation sites (tertiary alicyclic amines) is 1. The third kappa shape index (κ3) is 6.41. The molecule has 168 valence electrons. The average Bonchev–Trinajstić information content (AvgIpc) is 3.16. The van der Waals surface area contributed by atoms with Gasteiger partial charge in [-0.3, -0.25) is 14.5 Å². The number of nitriles is 1. The average molecular weight is 433 g/mol. The van der Waals surface area contributed by atoms with E-state index in [4.69, 9.17) is 0 Å². The topological polar surface area (TPSA) is 85.2 Å². The van der Waals surface area contributed by atoms with E-state index in [9.17, 15) is 14.9 Å². The van der Waals surface area contributed by atoms with Gasteiger partial charge in [-0.05, 0) is 36.0 Å². The first-order valence-electron chi connectivity index (χ1n) is 11.1. The Hall–Kier alpha value is -3.17. The van der Waals surface area contributed by atoms with Crippen LogP contribution in [0.25, 0.3) is 0 Å². The lowest BCUT2D eigenvalue weighted by molar-refractivity contribution is -0.125. The van der Waals surface area contributed by atoms with Gasteiger partial charge in [-0.15, -0.1) is 0 Å². The van der Waals surface area contributed by atoms with Gasteiger partial charge < -0.3 is 10.6 Å². The minimum Gasteiger partial charge on any atom is -0.340 e. The molecule has 0 radical (unpaired) electrons. The molecule has 0 aromatic heterocycles. The number of hydrogen-bond donors (Lipinski definition) is 2. The van der Waals surface area contributed by atoms with Crippen LogP contribution in [0.2, 0.25) is 0 Å². The van der Waals surface area contributed by atoms with Crippen LogP contribution in [0, 0.1) is 16.7 Å². The van der Waals surface area contributed by atoms with Crippen molar-refractivity contribution in [3.63, 3.8) is 0 Å². The second kappa shape index (κ2) is 9.97. The van der Waals surface area contributed by atoms with Gasteiger partial charge in [0.05, 0.1) is 6.07 Å². The normalized spacial score (nSPS) is 19.7. The van der Waals surface area contributed by atoms with Crippen LogP contribution in [0.1, 0.15) is 49.5 Å². The molecule has 0 saturated carbocycles. The Labute approximate surface area is 190 Å². The van der Waals surface area contributed by atoms with Gasteiger partial charge in [-0.25, -0.2) is 0 Å². The van der Waals surface area contributed by atoms with E-state index in [2.05, 4.69) is 33.7 Å². The number of benzene rings is 2. The number of nitrogens with one attached hydrogen (secondary N) is 2. The Morgan fingerprint density at radius 1 is 1.09 bits per heavy atom. The number of carbonyl (C=O) groups is 2. The lowest BCUT2D eigenvalue weighted by Crippen LogP contribution is -2.56. The molecule has 1 aliphatic heterocycles. The first-order chi connectivity index (χ1) is 15.2. The molecule has 1 saturated heterocycles. The molecule has 0 bridgehead atoms. The molecule has 1 heterocycles. The molecule has 3 rings (SSSR count). The Kier molecular flexibility index (Phi) is 7.32. The Morgan fingerprint density at radius 3 is 2.31 bits per heavy atom. The third-order valence-corrected chi connectivity index (χ3v) is 5.65. The van der Waals surface area contributed by atoms with Crippen molar-refractivity contribution in [2.24, 2.45) is 5.41 Å². The predicted molar refractivity (Wildman–Crippen MR) is 125 cm³/mol. The van der Waals surface area contributed by atoms with Crippen molar-refractivity contribution in [2.75, 3.05) is 13.1 Å². The van der Waals surface area contributed by atoms with Crippen LogP contribution in [0.15, 0.2) is 60.7 Å². The maximum atomic E-state index is 13.3. The first-order valence-corrected chi connectivity index (χ1v) is 11.1. The summed E-state index contributed by atoms with van der Waals surface area (Å²) in [6.45, 7) is 8.00. The summed E-state index contributed by atoms with van der Waals surface area (Å²) in [7, 11) is 0. The van der Waals surface area contributed by atoms with Crippen molar-refractivity contribution >= 4 is 11.8 Å². The fourth-order valence-electron chi connectivity index (χ4n) is 4.06. The molecule has 0 spiro atoms. The lowest BCUT2D eigenvalue weighted by Gasteiger charge is -2.30. The number of carbonyl (C=O) groups excluding carboxylic acids is 2. The molecular formula is C26H32N4O2. The predicted octanol–water partition coefficient (Wildman–Crippen LogP) is 3.51. The van der Waals surface area contributed by atoms with Crippen LogP contribution >= 0.6 is 0 Å². The van der Waals surface area contributed by atoms with E-state index in [1.54, 1.807) is 24.3 Å². The van der Waals surface area contributed by atoms with Crippen molar-refractivity contribution in [1.29, 1.82) is 5.26 Å². The lowest BCUT2D eigenvalue weighted by atomic mass is 9.87. The summed E-state index contributed by atoms with van der Waals surface area (Å²) in [6.07, 6.45) is 1.02. The molecule has 6 nitrogen and oxygen atoms in total. The summed E-state index contributed by atoms with van der Waals surface area (Å²) in [4.78, 5) is 28.2. The standard InChI is InChI=1S/C26H32N4O2/c1-25(2,3)16-22(28-23(31)21-12-8-5-9-13-21)24(32)29-26(18-27)14-15-30(19-26)17-20-10-6-4-7-11-20/h4-13,22H,14-17,19H2,1-3H3,(H,28,31)(H,29,32). The third-order valence-electron chi connectivity index (χ3n) is 5.65. The molecule has 2 aromatic rings. The van der Waals surface area contributed by atoms with Crippen LogP contribution in [-0.4, -0.2) is 41.4 Å². The van der Waals surface area contributed by atoms with Gasteiger partial charge in [0.1, 0.15) is 11.6 Å². The van der Waals surface area contributed by atoms with Crippen LogP contribution in [0.4, 0.5) is 0 Å². The SMILES string of the molecule is CC(C)(C)CC(NC(=O)c1ccccc1)C(=O)NC1(C#N)CCN(Cc2ccccc2)C1. The fourth-order valence-corrected chi connectivity index (χ4v) is 4.06. The van der Waals surface area contributed by atoms with E-state index in [0.717, 1.165) is 13.1 Å². The summed E-state index contributed by atoms with van der Waals surface area (Å²) in [5, 5.41) is 15.8. The molecule has 2 atom stereocenters. The molecule has 2 aromatic carbocycles. The molecule has 6 heteroatoms. The van der Waals surface area contributed by atoms with Crippen LogP contribution < -0.4 is 10.6 Å². The molecule has 0 aliphatic carbocycles. The molecule has 2 N–H and O–H groups in total. The fraction of sp³-hybridized carbons (Fsp3) is 0.423. The van der Waals surface area contributed by atoms with Crippen molar-refractivity contribution in [3.05, 3.63) is 71.8 Å². The summed E-state index contributed by atoms with van der Waals surface area (Å²) in [6, 6.07) is 20.6. The maximum Gasteiger partial charge on any atom is 0.251 e. The highest BCUT2D eigenvalue weighted by atomic mass is 16.2. The second-order valence-corrected chi connectivity index (χ2v) is 9.79. The zero-order chi connectivity index (χ0) is 23.2. The van der Waals surface area contributed by atoms with Gasteiger partial charge >= 0.3 is 0 Å². The van der Waals surface area contributed by atoms with Crippen molar-refractivity contribution in [3.8, 4) is 6.07 Å². The van der Waals surface area contributed by atoms with E-state index in [1.165, 1.54) is 5.56 Å². The highest BCUT2D eigenvalue weighted by Gasteiger charge is 2.41. The van der Waals surface area contributed by atoms with Crippen molar-refractivity contribution < 1.29 is 9.59 Å². The summed E-state index contributed by atoms with van der Waals surface area (Å²) >= 11 is 0. The second-order valence-electron chi connectivity index (χ2n) is 9.79. The van der Waals surface area contributed by atoms with Crippen molar-refractivity contribution in [1.82, 2.24) is 15.5 Å². The molecule has 32 heavy (non-hydrogen) atoms. The van der Waals surface area contributed by atoms with Crippen molar-refractivity contribution in [2.45, 2.75) is 51.7 Å². The molecular weight excluding hydrogens is 400 g/mol. The van der Waals surface area contributed by atoms with E-state index in [1.807, 2.05) is 45.0 Å². The van der Waals surface area contributed by atoms with Gasteiger partial charge in [-0.1, -0.05) is 69.3 Å². The number of hydrogen-bond acceptors (Lipinski definition) is 4. The Morgan fingerprint density at radius 2 is 1.72 bits per heavy atom. The summed E-state index contributed by atoms with van der Waals surface area (Å²) in [5.74, 6) is -0.606. The first kappa shape index (κ1) is 23.5. The van der Waals surface area contributed by atoms with E-state index in [0.29, 0.717) is 24.9 Å². The monoisotopic (exact) mass is 432 g/mol. The zero-order valence-electron chi connectivity index (χ0n) is 19.1. The zero-order valence-corrected chi connectivity index (χ0v) is 19.1. The van der Waals surface area contributed by atoms with E-state index >= 15 is 0 Å².